The maximum Gasteiger partial charge on any atom is 0.408 e. The topological polar surface area (TPSA) is 90.4 Å². The second-order valence-electron chi connectivity index (χ2n) is 6.60. The highest BCUT2D eigenvalue weighted by atomic mass is 16.6. The molecule has 1 unspecified atom stereocenters. The molecular formula is C13H23N3O3. The fraction of sp³-hybridized carbons (Fsp3) is 0.692. The van der Waals surface area contributed by atoms with Crippen molar-refractivity contribution in [2.24, 2.45) is 5.41 Å². The van der Waals surface area contributed by atoms with E-state index in [-0.39, 0.29) is 17.3 Å². The Morgan fingerprint density at radius 1 is 1.37 bits per heavy atom. The van der Waals surface area contributed by atoms with Gasteiger partial charge in [-0.25, -0.2) is 4.79 Å². The second-order valence-corrected chi connectivity index (χ2v) is 6.60. The lowest BCUT2D eigenvalue weighted by Gasteiger charge is -2.30. The van der Waals surface area contributed by atoms with Crippen molar-refractivity contribution in [2.45, 2.75) is 53.2 Å². The van der Waals surface area contributed by atoms with Crippen molar-refractivity contribution < 1.29 is 14.1 Å². The van der Waals surface area contributed by atoms with Gasteiger partial charge in [0.25, 0.3) is 0 Å². The maximum atomic E-state index is 11.9. The molecular weight excluding hydrogens is 246 g/mol. The number of hydrogen-bond donors (Lipinski definition) is 2. The number of nitrogens with two attached hydrogens (primary N) is 1. The number of carbonyl (C=O) groups excluding carboxylic acids is 1. The van der Waals surface area contributed by atoms with Crippen LogP contribution in [0.25, 0.3) is 0 Å². The summed E-state index contributed by atoms with van der Waals surface area (Å²) in [6, 6.07) is 1.26. The van der Waals surface area contributed by atoms with Crippen LogP contribution in [0.5, 0.6) is 0 Å². The van der Waals surface area contributed by atoms with E-state index in [0.717, 1.165) is 0 Å². The molecule has 6 heteroatoms. The van der Waals surface area contributed by atoms with Gasteiger partial charge in [-0.15, -0.1) is 0 Å². The molecule has 1 aromatic heterocycles. The predicted molar refractivity (Wildman–Crippen MR) is 72.5 cm³/mol. The monoisotopic (exact) mass is 269 g/mol. The Hall–Kier alpha value is -1.72. The largest absolute Gasteiger partial charge is 0.444 e. The van der Waals surface area contributed by atoms with Crippen molar-refractivity contribution in [3.8, 4) is 0 Å². The van der Waals surface area contributed by atoms with Gasteiger partial charge in [0.15, 0.2) is 0 Å². The quantitative estimate of drug-likeness (QED) is 0.861. The van der Waals surface area contributed by atoms with Crippen molar-refractivity contribution in [1.82, 2.24) is 10.5 Å². The first-order valence-electron chi connectivity index (χ1n) is 6.20. The van der Waals surface area contributed by atoms with E-state index in [1.54, 1.807) is 6.07 Å². The first-order chi connectivity index (χ1) is 8.49. The van der Waals surface area contributed by atoms with Gasteiger partial charge in [-0.05, 0) is 26.2 Å². The SMILES string of the molecule is CC(C)(C)OC(=O)NC(c1cc(N)on1)C(C)(C)C. The van der Waals surface area contributed by atoms with Crippen LogP contribution in [0.1, 0.15) is 53.3 Å². The predicted octanol–water partition coefficient (Wildman–Crippen LogP) is 2.87. The molecule has 0 aromatic carbocycles. The lowest BCUT2D eigenvalue weighted by molar-refractivity contribution is 0.0459. The zero-order valence-corrected chi connectivity index (χ0v) is 12.4. The molecule has 1 aromatic rings. The van der Waals surface area contributed by atoms with Crippen LogP contribution in [0.3, 0.4) is 0 Å². The number of nitrogens with one attached hydrogen (secondary N) is 1. The van der Waals surface area contributed by atoms with Gasteiger partial charge in [0.05, 0.1) is 6.04 Å². The molecule has 0 aliphatic carbocycles. The molecule has 1 atom stereocenters. The van der Waals surface area contributed by atoms with Gasteiger partial charge >= 0.3 is 6.09 Å². The van der Waals surface area contributed by atoms with Gasteiger partial charge in [0.2, 0.25) is 5.88 Å². The summed E-state index contributed by atoms with van der Waals surface area (Å²) in [6.07, 6.45) is -0.492. The average Bonchev–Trinajstić information content (AvgIpc) is 2.56. The Labute approximate surface area is 113 Å². The molecule has 1 heterocycles. The molecule has 0 spiro atoms. The van der Waals surface area contributed by atoms with E-state index in [4.69, 9.17) is 15.0 Å². The summed E-state index contributed by atoms with van der Waals surface area (Å²) >= 11 is 0. The first kappa shape index (κ1) is 15.3. The van der Waals surface area contributed by atoms with E-state index >= 15 is 0 Å². The molecule has 0 saturated heterocycles. The van der Waals surface area contributed by atoms with Crippen LogP contribution < -0.4 is 11.1 Å². The number of rotatable bonds is 2. The van der Waals surface area contributed by atoms with Crippen LogP contribution in [-0.2, 0) is 4.74 Å². The lowest BCUT2D eigenvalue weighted by Crippen LogP contribution is -2.40. The van der Waals surface area contributed by atoms with Crippen molar-refractivity contribution in [3.63, 3.8) is 0 Å². The Morgan fingerprint density at radius 2 is 1.95 bits per heavy atom. The number of hydrogen-bond acceptors (Lipinski definition) is 5. The third-order valence-electron chi connectivity index (χ3n) is 2.37. The van der Waals surface area contributed by atoms with E-state index in [9.17, 15) is 4.79 Å². The van der Waals surface area contributed by atoms with Crippen LogP contribution in [0.4, 0.5) is 10.7 Å². The summed E-state index contributed by atoms with van der Waals surface area (Å²) in [7, 11) is 0. The van der Waals surface area contributed by atoms with E-state index in [1.165, 1.54) is 0 Å². The molecule has 6 nitrogen and oxygen atoms in total. The van der Waals surface area contributed by atoms with E-state index in [0.29, 0.717) is 5.69 Å². The van der Waals surface area contributed by atoms with Crippen LogP contribution in [0.15, 0.2) is 10.6 Å². The Kier molecular flexibility index (Phi) is 4.12. The number of anilines is 1. The summed E-state index contributed by atoms with van der Waals surface area (Å²) in [4.78, 5) is 11.9. The Balaban J connectivity index is 2.86. The van der Waals surface area contributed by atoms with Gasteiger partial charge < -0.3 is 20.3 Å². The molecule has 0 aliphatic heterocycles. The summed E-state index contributed by atoms with van der Waals surface area (Å²) in [5, 5.41) is 6.67. The Bertz CT molecular complexity index is 441. The minimum Gasteiger partial charge on any atom is -0.444 e. The third kappa shape index (κ3) is 4.81. The second kappa shape index (κ2) is 5.11. The van der Waals surface area contributed by atoms with E-state index in [1.807, 2.05) is 41.5 Å². The third-order valence-corrected chi connectivity index (χ3v) is 2.37. The summed E-state index contributed by atoms with van der Waals surface area (Å²) in [6.45, 7) is 11.4. The highest BCUT2D eigenvalue weighted by Crippen LogP contribution is 2.33. The number of ether oxygens (including phenoxy) is 1. The van der Waals surface area contributed by atoms with Crippen LogP contribution >= 0.6 is 0 Å². The zero-order chi connectivity index (χ0) is 14.8. The minimum absolute atomic E-state index is 0.218. The smallest absolute Gasteiger partial charge is 0.408 e. The standard InChI is InChI=1S/C13H23N3O3/c1-12(2,3)10(8-7-9(14)19-16-8)15-11(17)18-13(4,5)6/h7,10H,14H2,1-6H3,(H,15,17). The van der Waals surface area contributed by atoms with Crippen molar-refractivity contribution in [1.29, 1.82) is 0 Å². The maximum absolute atomic E-state index is 11.9. The summed E-state index contributed by atoms with van der Waals surface area (Å²) in [5.74, 6) is 0.218. The van der Waals surface area contributed by atoms with E-state index < -0.39 is 11.7 Å². The Morgan fingerprint density at radius 3 is 2.32 bits per heavy atom. The minimum atomic E-state index is -0.546. The van der Waals surface area contributed by atoms with Crippen molar-refractivity contribution in [3.05, 3.63) is 11.8 Å². The number of nitrogen functional groups attached to an aromatic ring is 1. The molecule has 3 N–H and O–H groups in total. The lowest BCUT2D eigenvalue weighted by atomic mass is 9.85. The zero-order valence-electron chi connectivity index (χ0n) is 12.4. The van der Waals surface area contributed by atoms with Crippen LogP contribution in [0, 0.1) is 5.41 Å². The molecule has 1 rings (SSSR count). The number of alkyl carbamates (subject to hydrolysis) is 1. The fourth-order valence-electron chi connectivity index (χ4n) is 1.60. The average molecular weight is 269 g/mol. The van der Waals surface area contributed by atoms with Crippen molar-refractivity contribution >= 4 is 12.0 Å². The molecule has 108 valence electrons. The molecule has 0 aliphatic rings. The number of aromatic nitrogens is 1. The van der Waals surface area contributed by atoms with Gasteiger partial charge in [0, 0.05) is 6.07 Å². The van der Waals surface area contributed by atoms with Crippen LogP contribution in [0.2, 0.25) is 0 Å². The van der Waals surface area contributed by atoms with Gasteiger partial charge in [-0.2, -0.15) is 0 Å². The molecule has 1 amide bonds. The normalized spacial score (nSPS) is 14.0. The number of nitrogens with zero attached hydrogens (tertiary/aromatic N) is 1. The molecule has 0 bridgehead atoms. The van der Waals surface area contributed by atoms with Crippen LogP contribution in [-0.4, -0.2) is 16.9 Å². The van der Waals surface area contributed by atoms with Gasteiger partial charge in [0.1, 0.15) is 11.3 Å². The number of amides is 1. The number of carbonyl (C=O) groups is 1. The summed E-state index contributed by atoms with van der Waals surface area (Å²) < 4.78 is 10.1. The molecule has 0 radical (unpaired) electrons. The highest BCUT2D eigenvalue weighted by Gasteiger charge is 2.32. The van der Waals surface area contributed by atoms with Gasteiger partial charge in [-0.3, -0.25) is 0 Å². The summed E-state index contributed by atoms with van der Waals surface area (Å²) in [5.41, 5.74) is 5.30. The fourth-order valence-corrected chi connectivity index (χ4v) is 1.60. The van der Waals surface area contributed by atoms with Gasteiger partial charge in [-0.1, -0.05) is 25.9 Å². The molecule has 19 heavy (non-hydrogen) atoms. The molecule has 0 fully saturated rings. The highest BCUT2D eigenvalue weighted by molar-refractivity contribution is 5.68. The van der Waals surface area contributed by atoms with Crippen molar-refractivity contribution in [2.75, 3.05) is 5.73 Å². The van der Waals surface area contributed by atoms with E-state index in [2.05, 4.69) is 10.5 Å². The first-order valence-corrected chi connectivity index (χ1v) is 6.20. The molecule has 0 saturated carbocycles.